The maximum atomic E-state index is 12.5. The van der Waals surface area contributed by atoms with Crippen molar-refractivity contribution in [2.24, 2.45) is 0 Å². The molecule has 25 heavy (non-hydrogen) atoms. The molecule has 1 aliphatic heterocycles. The summed E-state index contributed by atoms with van der Waals surface area (Å²) in [5.74, 6) is 0.137. The molecule has 0 spiro atoms. The molecule has 1 fully saturated rings. The van der Waals surface area contributed by atoms with Crippen LogP contribution in [-0.4, -0.2) is 41.0 Å². The van der Waals surface area contributed by atoms with Crippen molar-refractivity contribution in [2.45, 2.75) is 18.9 Å². The van der Waals surface area contributed by atoms with Crippen LogP contribution >= 0.6 is 0 Å². The van der Waals surface area contributed by atoms with Crippen LogP contribution in [-0.2, 0) is 4.79 Å². The summed E-state index contributed by atoms with van der Waals surface area (Å²) in [7, 11) is 0. The van der Waals surface area contributed by atoms with Gasteiger partial charge in [-0.3, -0.25) is 9.59 Å². The van der Waals surface area contributed by atoms with E-state index in [0.717, 1.165) is 12.8 Å². The Morgan fingerprint density at radius 3 is 2.92 bits per heavy atom. The van der Waals surface area contributed by atoms with E-state index < -0.39 is 6.10 Å². The summed E-state index contributed by atoms with van der Waals surface area (Å²) in [6.45, 7) is 0.986. The van der Waals surface area contributed by atoms with E-state index in [9.17, 15) is 14.7 Å². The number of β-amino-alcohol motifs (C(OH)–C–C–N with tert-alkyl or cyclic N) is 1. The van der Waals surface area contributed by atoms with Gasteiger partial charge in [-0.2, -0.15) is 0 Å². The average molecular weight is 340 g/mol. The second-order valence-corrected chi connectivity index (χ2v) is 5.97. The lowest BCUT2D eigenvalue weighted by atomic mass is 10.1. The summed E-state index contributed by atoms with van der Waals surface area (Å²) in [5, 5.41) is 12.4. The number of carbonyl (C=O) groups excluding carboxylic acids is 2. The molecule has 1 aromatic heterocycles. The molecule has 0 radical (unpaired) electrons. The van der Waals surface area contributed by atoms with Crippen LogP contribution < -0.4 is 5.32 Å². The zero-order valence-corrected chi connectivity index (χ0v) is 13.7. The van der Waals surface area contributed by atoms with Crippen LogP contribution in [0.2, 0.25) is 0 Å². The Hall–Kier alpha value is -2.86. The Labute approximate surface area is 145 Å². The number of nitrogens with one attached hydrogen (secondary N) is 1. The molecule has 2 aromatic rings. The van der Waals surface area contributed by atoms with Crippen LogP contribution in [0.15, 0.2) is 53.2 Å². The predicted molar refractivity (Wildman–Crippen MR) is 94.0 cm³/mol. The van der Waals surface area contributed by atoms with Gasteiger partial charge in [-0.1, -0.05) is 6.07 Å². The third kappa shape index (κ3) is 4.58. The third-order valence-corrected chi connectivity index (χ3v) is 4.00. The Balaban J connectivity index is 1.64. The Kier molecular flexibility index (Phi) is 5.30. The van der Waals surface area contributed by atoms with Gasteiger partial charge in [0, 0.05) is 30.4 Å². The first-order valence-corrected chi connectivity index (χ1v) is 8.22. The smallest absolute Gasteiger partial charge is 0.254 e. The zero-order chi connectivity index (χ0) is 17.6. The summed E-state index contributed by atoms with van der Waals surface area (Å²) in [6, 6.07) is 10.3. The SMILES string of the molecule is O=C(/C=C/c1ccco1)Nc1cccc(C(=O)N2CCCC(O)C2)c1. The second kappa shape index (κ2) is 7.81. The van der Waals surface area contributed by atoms with Gasteiger partial charge < -0.3 is 19.7 Å². The fourth-order valence-corrected chi connectivity index (χ4v) is 2.78. The fourth-order valence-electron chi connectivity index (χ4n) is 2.78. The van der Waals surface area contributed by atoms with Gasteiger partial charge in [0.1, 0.15) is 5.76 Å². The van der Waals surface area contributed by atoms with E-state index in [2.05, 4.69) is 5.32 Å². The first-order valence-electron chi connectivity index (χ1n) is 8.22. The van der Waals surface area contributed by atoms with Gasteiger partial charge in [0.2, 0.25) is 5.91 Å². The van der Waals surface area contributed by atoms with E-state index >= 15 is 0 Å². The Morgan fingerprint density at radius 2 is 2.16 bits per heavy atom. The van der Waals surface area contributed by atoms with E-state index in [1.165, 1.54) is 12.3 Å². The van der Waals surface area contributed by atoms with Gasteiger partial charge >= 0.3 is 0 Å². The number of aliphatic hydroxyl groups is 1. The fraction of sp³-hybridized carbons (Fsp3) is 0.263. The predicted octanol–water partition coefficient (Wildman–Crippen LogP) is 2.53. The molecule has 1 aliphatic rings. The molecule has 0 saturated carbocycles. The molecule has 3 rings (SSSR count). The molecule has 0 aliphatic carbocycles. The highest BCUT2D eigenvalue weighted by Gasteiger charge is 2.23. The van der Waals surface area contributed by atoms with Crippen LogP contribution in [0.1, 0.15) is 29.0 Å². The lowest BCUT2D eigenvalue weighted by Crippen LogP contribution is -2.42. The number of amides is 2. The highest BCUT2D eigenvalue weighted by molar-refractivity contribution is 6.03. The molecule has 1 aromatic carbocycles. The third-order valence-electron chi connectivity index (χ3n) is 4.00. The number of furan rings is 1. The van der Waals surface area contributed by atoms with Gasteiger partial charge in [0.05, 0.1) is 12.4 Å². The molecular formula is C19H20N2O4. The van der Waals surface area contributed by atoms with E-state index in [1.54, 1.807) is 47.4 Å². The van der Waals surface area contributed by atoms with E-state index in [1.807, 2.05) is 0 Å². The minimum Gasteiger partial charge on any atom is -0.465 e. The monoisotopic (exact) mass is 340 g/mol. The highest BCUT2D eigenvalue weighted by Crippen LogP contribution is 2.17. The Bertz CT molecular complexity index is 767. The van der Waals surface area contributed by atoms with Gasteiger partial charge in [0.25, 0.3) is 5.91 Å². The summed E-state index contributed by atoms with van der Waals surface area (Å²) >= 11 is 0. The minimum absolute atomic E-state index is 0.138. The van der Waals surface area contributed by atoms with Crippen LogP contribution in [0, 0.1) is 0 Å². The summed E-state index contributed by atoms with van der Waals surface area (Å²) in [6.07, 6.45) is 5.52. The normalized spacial score (nSPS) is 17.6. The van der Waals surface area contributed by atoms with Crippen LogP contribution in [0.5, 0.6) is 0 Å². The lowest BCUT2D eigenvalue weighted by molar-refractivity contribution is -0.111. The van der Waals surface area contributed by atoms with Crippen molar-refractivity contribution in [2.75, 3.05) is 18.4 Å². The molecule has 130 valence electrons. The molecule has 2 N–H and O–H groups in total. The molecule has 1 atom stereocenters. The van der Waals surface area contributed by atoms with E-state index in [-0.39, 0.29) is 11.8 Å². The minimum atomic E-state index is -0.465. The molecule has 2 amide bonds. The second-order valence-electron chi connectivity index (χ2n) is 5.97. The number of rotatable bonds is 4. The zero-order valence-electron chi connectivity index (χ0n) is 13.7. The summed E-state index contributed by atoms with van der Waals surface area (Å²) in [4.78, 5) is 26.2. The van der Waals surface area contributed by atoms with Crippen molar-refractivity contribution >= 4 is 23.6 Å². The van der Waals surface area contributed by atoms with Crippen LogP contribution in [0.4, 0.5) is 5.69 Å². The standard InChI is InChI=1S/C19H20N2O4/c22-16-6-2-10-21(13-16)19(24)14-4-1-5-15(12-14)20-18(23)9-8-17-7-3-11-25-17/h1,3-5,7-9,11-12,16,22H,2,6,10,13H2,(H,20,23)/b9-8+. The van der Waals surface area contributed by atoms with Crippen LogP contribution in [0.3, 0.4) is 0 Å². The molecular weight excluding hydrogens is 320 g/mol. The number of anilines is 1. The van der Waals surface area contributed by atoms with Crippen molar-refractivity contribution in [3.63, 3.8) is 0 Å². The first-order chi connectivity index (χ1) is 12.1. The largest absolute Gasteiger partial charge is 0.465 e. The van der Waals surface area contributed by atoms with Crippen molar-refractivity contribution < 1.29 is 19.1 Å². The molecule has 6 heteroatoms. The topological polar surface area (TPSA) is 82.8 Å². The number of aliphatic hydroxyl groups excluding tert-OH is 1. The lowest BCUT2D eigenvalue weighted by Gasteiger charge is -2.30. The number of carbonyl (C=O) groups is 2. The van der Waals surface area contributed by atoms with E-state index in [0.29, 0.717) is 30.1 Å². The maximum absolute atomic E-state index is 12.5. The van der Waals surface area contributed by atoms with Gasteiger partial charge in [-0.15, -0.1) is 0 Å². The molecule has 6 nitrogen and oxygen atoms in total. The molecule has 2 heterocycles. The molecule has 1 saturated heterocycles. The van der Waals surface area contributed by atoms with Crippen molar-refractivity contribution in [3.05, 3.63) is 60.1 Å². The molecule has 0 bridgehead atoms. The van der Waals surface area contributed by atoms with Crippen molar-refractivity contribution in [1.29, 1.82) is 0 Å². The molecule has 1 unspecified atom stereocenters. The first kappa shape index (κ1) is 17.0. The van der Waals surface area contributed by atoms with E-state index in [4.69, 9.17) is 4.42 Å². The Morgan fingerprint density at radius 1 is 1.28 bits per heavy atom. The van der Waals surface area contributed by atoms with Crippen molar-refractivity contribution in [3.8, 4) is 0 Å². The number of likely N-dealkylation sites (tertiary alicyclic amines) is 1. The van der Waals surface area contributed by atoms with Gasteiger partial charge in [-0.25, -0.2) is 0 Å². The number of hydrogen-bond donors (Lipinski definition) is 2. The quantitative estimate of drug-likeness (QED) is 0.838. The van der Waals surface area contributed by atoms with Gasteiger partial charge in [0.15, 0.2) is 0 Å². The number of nitrogens with zero attached hydrogens (tertiary/aromatic N) is 1. The average Bonchev–Trinajstić information content (AvgIpc) is 3.13. The number of hydrogen-bond acceptors (Lipinski definition) is 4. The van der Waals surface area contributed by atoms with Gasteiger partial charge in [-0.05, 0) is 49.2 Å². The van der Waals surface area contributed by atoms with Crippen molar-refractivity contribution in [1.82, 2.24) is 4.90 Å². The maximum Gasteiger partial charge on any atom is 0.254 e. The highest BCUT2D eigenvalue weighted by atomic mass is 16.3. The van der Waals surface area contributed by atoms with Crippen LogP contribution in [0.25, 0.3) is 6.08 Å². The summed E-state index contributed by atoms with van der Waals surface area (Å²) < 4.78 is 5.12. The number of benzene rings is 1. The summed E-state index contributed by atoms with van der Waals surface area (Å²) in [5.41, 5.74) is 1.03. The number of piperidine rings is 1.